The van der Waals surface area contributed by atoms with Gasteiger partial charge in [-0.3, -0.25) is 0 Å². The lowest BCUT2D eigenvalue weighted by Gasteiger charge is -2.15. The molecule has 0 aromatic heterocycles. The van der Waals surface area contributed by atoms with Crippen LogP contribution in [-0.4, -0.2) is 49.9 Å². The Labute approximate surface area is 479 Å². The summed E-state index contributed by atoms with van der Waals surface area (Å²) in [6.07, 6.45) is 28.5. The van der Waals surface area contributed by atoms with E-state index in [1.54, 1.807) is 20.8 Å². The van der Waals surface area contributed by atoms with Crippen molar-refractivity contribution < 1.29 is 0 Å². The third-order valence-electron chi connectivity index (χ3n) is 6.12. The highest BCUT2D eigenvalue weighted by Crippen LogP contribution is 2.10. The molecule has 0 aliphatic carbocycles. The van der Waals surface area contributed by atoms with Gasteiger partial charge < -0.3 is 51.6 Å². The molecule has 0 bridgehead atoms. The summed E-state index contributed by atoms with van der Waals surface area (Å²) in [6, 6.07) is 0. The standard InChI is InChI=1S/C7H15N.2C7H13N.C7H12.C6H15N.C6H13N.2C6H11N.C6H10.C5H9N.C4H11N/c3*1-4-5-6-7(2,3)8;1-5-6-7(2,3)4;4*1-4-5-6(2,3)7;1-5-6(2,3)4;1-4-5(2,3)6;1-4(2,3)5/h4-5H,6,8H2,1-3H3;2*6,8H2,1-3H3;1-4H3;4-5,7H2,1-3H3;4-5H,7H2,1-3H3;7H2,1-3H3;1H,5,7H2,2-3H3;1H,2-4H3;1H,6H2,2-3H3;5H2,1-3H3/b;;;;;5-4-;;;;;. The molecule has 0 unspecified atom stereocenters. The van der Waals surface area contributed by atoms with E-state index in [4.69, 9.17) is 70.9 Å². The molecule has 0 heterocycles. The Kier molecular flexibility index (Phi) is 64.9. The molecule has 0 spiro atoms. The quantitative estimate of drug-likeness (QED) is 0.0829. The van der Waals surface area contributed by atoms with Crippen molar-refractivity contribution in [3.8, 4) is 84.4 Å². The Bertz CT molecular complexity index is 1680. The number of terminal acetylenes is 3. The third-order valence-corrected chi connectivity index (χ3v) is 6.12. The highest BCUT2D eigenvalue weighted by Gasteiger charge is 2.09. The van der Waals surface area contributed by atoms with Crippen LogP contribution in [0.4, 0.5) is 0 Å². The molecule has 0 amide bonds. The molecule has 446 valence electrons. The second kappa shape index (κ2) is 50.5. The summed E-state index contributed by atoms with van der Waals surface area (Å²) in [5.74, 6) is 30.3. The van der Waals surface area contributed by atoms with Crippen LogP contribution in [-0.2, 0) is 0 Å². The van der Waals surface area contributed by atoms with Gasteiger partial charge in [-0.2, -0.15) is 0 Å². The summed E-state index contributed by atoms with van der Waals surface area (Å²) in [5.41, 5.74) is 48.7. The second-order valence-electron chi connectivity index (χ2n) is 26.7. The Morgan fingerprint density at radius 2 is 0.697 bits per heavy atom. The molecule has 9 nitrogen and oxygen atoms in total. The van der Waals surface area contributed by atoms with Crippen molar-refractivity contribution in [3.05, 3.63) is 24.3 Å². The maximum atomic E-state index is 5.67. The summed E-state index contributed by atoms with van der Waals surface area (Å²) >= 11 is 0. The van der Waals surface area contributed by atoms with E-state index in [1.807, 2.05) is 177 Å². The second-order valence-corrected chi connectivity index (χ2v) is 26.7. The van der Waals surface area contributed by atoms with Crippen LogP contribution in [0.2, 0.25) is 0 Å². The Morgan fingerprint density at radius 3 is 0.724 bits per heavy atom. The average Bonchev–Trinajstić information content (AvgIpc) is 3.13. The number of rotatable bonds is 8. The molecule has 0 radical (unpaired) electrons. The third kappa shape index (κ3) is 243. The van der Waals surface area contributed by atoms with E-state index in [0.29, 0.717) is 6.42 Å². The van der Waals surface area contributed by atoms with Crippen molar-refractivity contribution in [2.24, 2.45) is 62.4 Å². The summed E-state index contributed by atoms with van der Waals surface area (Å²) in [7, 11) is 0. The molecule has 0 aromatic rings. The molecular weight excluding hydrogens is 931 g/mol. The van der Waals surface area contributed by atoms with E-state index in [1.165, 1.54) is 6.42 Å². The van der Waals surface area contributed by atoms with Gasteiger partial charge in [-0.25, -0.2) is 0 Å². The maximum Gasteiger partial charge on any atom is 0.0718 e. The molecule has 0 rings (SSSR count). The van der Waals surface area contributed by atoms with E-state index < -0.39 is 5.54 Å². The monoisotopic (exact) mass is 1060 g/mol. The molecule has 76 heavy (non-hydrogen) atoms. The van der Waals surface area contributed by atoms with E-state index in [2.05, 4.69) is 113 Å². The number of allylic oxidation sites excluding steroid dienone is 2. The predicted octanol–water partition coefficient (Wildman–Crippen LogP) is 13.1. The first-order valence-electron chi connectivity index (χ1n) is 26.5. The number of nitrogens with two attached hydrogens (primary N) is 9. The lowest BCUT2D eigenvalue weighted by molar-refractivity contribution is 0.470. The van der Waals surface area contributed by atoms with E-state index in [-0.39, 0.29) is 55.1 Å². The fourth-order valence-electron chi connectivity index (χ4n) is 3.09. The van der Waals surface area contributed by atoms with Crippen LogP contribution in [0.3, 0.4) is 0 Å². The van der Waals surface area contributed by atoms with Crippen LogP contribution in [0.1, 0.15) is 260 Å². The fourth-order valence-corrected chi connectivity index (χ4v) is 3.09. The van der Waals surface area contributed by atoms with Gasteiger partial charge in [0.1, 0.15) is 0 Å². The van der Waals surface area contributed by atoms with Crippen LogP contribution in [0, 0.1) is 95.2 Å². The minimum absolute atomic E-state index is 0. The summed E-state index contributed by atoms with van der Waals surface area (Å²) in [6.45, 7) is 62.7. The van der Waals surface area contributed by atoms with Gasteiger partial charge in [-0.15, -0.1) is 66.6 Å². The molecule has 0 atom stereocenters. The van der Waals surface area contributed by atoms with Crippen molar-refractivity contribution in [1.29, 1.82) is 0 Å². The van der Waals surface area contributed by atoms with Gasteiger partial charge in [-0.1, -0.05) is 55.4 Å². The largest absolute Gasteiger partial charge is 0.326 e. The van der Waals surface area contributed by atoms with Gasteiger partial charge in [0, 0.05) is 68.9 Å². The van der Waals surface area contributed by atoms with Crippen molar-refractivity contribution in [2.45, 2.75) is 310 Å². The zero-order valence-electron chi connectivity index (χ0n) is 56.5. The SMILES string of the molecule is C#CC(C)(C)C.C#CC(C)(C)N.C#CCC(C)(C)N.C/C=C\C(C)(C)N.CC#CC(C)(C)C.CC#CC(C)(C)N.CC#CCC(C)(C)N.CC#CCC(C)(C)N.CC(C)(C)N.CC=CCC(C)(C)N.CCCC(C)(C)N. The smallest absolute Gasteiger partial charge is 0.0718 e. The maximum absolute atomic E-state index is 5.67. The van der Waals surface area contributed by atoms with Gasteiger partial charge in [0.2, 0.25) is 0 Å². The first-order valence-corrected chi connectivity index (χ1v) is 26.5. The highest BCUT2D eigenvalue weighted by molar-refractivity contribution is 5.10. The molecule has 0 fully saturated rings. The number of hydrogen-bond donors (Lipinski definition) is 9. The topological polar surface area (TPSA) is 234 Å². The minimum Gasteiger partial charge on any atom is -0.326 e. The van der Waals surface area contributed by atoms with Gasteiger partial charge in [0.25, 0.3) is 0 Å². The van der Waals surface area contributed by atoms with Gasteiger partial charge in [0.05, 0.1) is 11.1 Å². The molecule has 0 saturated carbocycles. The van der Waals surface area contributed by atoms with Gasteiger partial charge >= 0.3 is 0 Å². The molecule has 0 aliphatic rings. The van der Waals surface area contributed by atoms with Gasteiger partial charge in [0.15, 0.2) is 0 Å². The lowest BCUT2D eigenvalue weighted by Crippen LogP contribution is -2.31. The molecule has 0 aromatic carbocycles. The first-order chi connectivity index (χ1) is 33.1. The van der Waals surface area contributed by atoms with Crippen LogP contribution >= 0.6 is 0 Å². The van der Waals surface area contributed by atoms with Crippen molar-refractivity contribution in [2.75, 3.05) is 0 Å². The summed E-state index contributed by atoms with van der Waals surface area (Å²) in [4.78, 5) is 0. The Morgan fingerprint density at radius 1 is 0.395 bits per heavy atom. The molecule has 0 aliphatic heterocycles. The Hall–Kier alpha value is -3.96. The molecular formula is C67H133N9. The number of hydrogen-bond acceptors (Lipinski definition) is 9. The molecule has 18 N–H and O–H groups in total. The van der Waals surface area contributed by atoms with E-state index >= 15 is 0 Å². The zero-order valence-corrected chi connectivity index (χ0v) is 56.5. The van der Waals surface area contributed by atoms with Crippen LogP contribution in [0.25, 0.3) is 0 Å². The first kappa shape index (κ1) is 97.6. The van der Waals surface area contributed by atoms with Crippen LogP contribution in [0.5, 0.6) is 0 Å². The lowest BCUT2D eigenvalue weighted by atomic mass is 9.98. The van der Waals surface area contributed by atoms with Gasteiger partial charge in [-0.05, 0) is 227 Å². The molecule has 0 saturated heterocycles. The van der Waals surface area contributed by atoms with Crippen LogP contribution < -0.4 is 51.6 Å². The Balaban J connectivity index is -0.0000000681. The van der Waals surface area contributed by atoms with Crippen molar-refractivity contribution in [1.82, 2.24) is 0 Å². The van der Waals surface area contributed by atoms with Crippen molar-refractivity contribution >= 4 is 0 Å². The molecule has 9 heteroatoms. The van der Waals surface area contributed by atoms with E-state index in [9.17, 15) is 0 Å². The van der Waals surface area contributed by atoms with Crippen LogP contribution in [0.15, 0.2) is 24.3 Å². The summed E-state index contributed by atoms with van der Waals surface area (Å²) in [5, 5.41) is 0. The van der Waals surface area contributed by atoms with E-state index in [0.717, 1.165) is 25.7 Å². The summed E-state index contributed by atoms with van der Waals surface area (Å²) < 4.78 is 0. The minimum atomic E-state index is -0.431. The predicted molar refractivity (Wildman–Crippen MR) is 352 cm³/mol. The van der Waals surface area contributed by atoms with Crippen molar-refractivity contribution in [3.63, 3.8) is 0 Å². The normalized spacial score (nSPS) is 11.0. The average molecular weight is 1060 g/mol. The zero-order chi connectivity index (χ0) is 64.3. The highest BCUT2D eigenvalue weighted by atomic mass is 14.7. The fraction of sp³-hybridized carbons (Fsp3) is 0.731.